The van der Waals surface area contributed by atoms with Crippen LogP contribution in [0.3, 0.4) is 0 Å². The average Bonchev–Trinajstić information content (AvgIpc) is 3.82. The van der Waals surface area contributed by atoms with E-state index in [0.29, 0.717) is 57.5 Å². The molecule has 6 amide bonds. The molecule has 0 radical (unpaired) electrons. The van der Waals surface area contributed by atoms with Crippen LogP contribution in [0.25, 0.3) is 33.4 Å². The van der Waals surface area contributed by atoms with Gasteiger partial charge in [0.15, 0.2) is 10.5 Å². The summed E-state index contributed by atoms with van der Waals surface area (Å²) < 4.78 is 5.88. The lowest BCUT2D eigenvalue weighted by molar-refractivity contribution is -0.127. The first-order valence-corrected chi connectivity index (χ1v) is 24.4. The van der Waals surface area contributed by atoms with Crippen molar-refractivity contribution in [1.29, 1.82) is 0 Å². The highest BCUT2D eigenvalue weighted by Crippen LogP contribution is 2.42. The number of benzene rings is 3. The quantitative estimate of drug-likeness (QED) is 0.0178. The van der Waals surface area contributed by atoms with Gasteiger partial charge in [-0.05, 0) is 67.0 Å². The third kappa shape index (κ3) is 13.6. The summed E-state index contributed by atoms with van der Waals surface area (Å²) in [7, 11) is 3.04. The van der Waals surface area contributed by atoms with Gasteiger partial charge in [0.1, 0.15) is 17.1 Å². The van der Waals surface area contributed by atoms with E-state index in [-0.39, 0.29) is 95.7 Å². The number of fused-ring (bicyclic) bond motifs is 3. The van der Waals surface area contributed by atoms with Crippen LogP contribution in [0.5, 0.6) is 5.75 Å². The van der Waals surface area contributed by atoms with Gasteiger partial charge in [-0.15, -0.1) is 0 Å². The zero-order valence-corrected chi connectivity index (χ0v) is 37.7. The topological polar surface area (TPSA) is 269 Å². The summed E-state index contributed by atoms with van der Waals surface area (Å²) in [5.74, 6) is -0.194. The lowest BCUT2D eigenvalue weighted by Gasteiger charge is -2.18. The highest BCUT2D eigenvalue weighted by molar-refractivity contribution is 8.76. The third-order valence-electron chi connectivity index (χ3n) is 10.2. The van der Waals surface area contributed by atoms with E-state index in [1.54, 1.807) is 35.1 Å². The summed E-state index contributed by atoms with van der Waals surface area (Å²) in [5.41, 5.74) is 1.65. The number of carbonyl (C=O) groups excluding carboxylic acids is 5. The van der Waals surface area contributed by atoms with Crippen LogP contribution in [0.15, 0.2) is 63.8 Å². The van der Waals surface area contributed by atoms with Crippen molar-refractivity contribution in [3.63, 3.8) is 0 Å². The molecule has 64 heavy (non-hydrogen) atoms. The van der Waals surface area contributed by atoms with Crippen molar-refractivity contribution in [1.82, 2.24) is 37.2 Å². The van der Waals surface area contributed by atoms with Crippen LogP contribution >= 0.6 is 45.6 Å². The number of carboxylic acids is 1. The number of hydrogen-bond donors (Lipinski definition) is 10. The molecule has 0 spiro atoms. The van der Waals surface area contributed by atoms with Gasteiger partial charge in [0.05, 0.1) is 30.7 Å². The summed E-state index contributed by atoms with van der Waals surface area (Å²) in [6, 6.07) is 13.7. The first-order chi connectivity index (χ1) is 30.8. The largest absolute Gasteiger partial charge is 0.508 e. The number of thioether (sulfide) groups is 1. The molecule has 3 heterocycles. The van der Waals surface area contributed by atoms with E-state index in [4.69, 9.17) is 16.6 Å². The molecule has 6 rings (SSSR count). The van der Waals surface area contributed by atoms with Crippen molar-refractivity contribution in [3.05, 3.63) is 70.4 Å². The second-order valence-electron chi connectivity index (χ2n) is 14.8. The maximum atomic E-state index is 12.5. The predicted molar refractivity (Wildman–Crippen MR) is 253 cm³/mol. The monoisotopic (exact) mass is 952 g/mol. The van der Waals surface area contributed by atoms with Gasteiger partial charge in [-0.1, -0.05) is 34.1 Å². The molecular weight excluding hydrogens is 905 g/mol. The second kappa shape index (κ2) is 23.3. The number of carbonyl (C=O) groups is 6. The van der Waals surface area contributed by atoms with E-state index in [1.807, 2.05) is 11.8 Å². The number of nitrogens with one attached hydrogen (secondary N) is 8. The average molecular weight is 953 g/mol. The summed E-state index contributed by atoms with van der Waals surface area (Å²) in [5, 5.41) is 43.7. The molecule has 0 bridgehead atoms. The zero-order chi connectivity index (χ0) is 45.6. The van der Waals surface area contributed by atoms with Gasteiger partial charge in [-0.3, -0.25) is 24.0 Å². The number of rotatable bonds is 22. The summed E-state index contributed by atoms with van der Waals surface area (Å²) in [6.45, 7) is 0.300. The maximum Gasteiger partial charge on any atom is 0.336 e. The molecule has 18 nitrogen and oxygen atoms in total. The van der Waals surface area contributed by atoms with E-state index < -0.39 is 17.8 Å². The molecule has 3 atom stereocenters. The minimum atomic E-state index is -1.21. The van der Waals surface area contributed by atoms with E-state index in [2.05, 4.69) is 42.5 Å². The highest BCUT2D eigenvalue weighted by Gasteiger charge is 2.42. The predicted octanol–water partition coefficient (Wildman–Crippen LogP) is 3.22. The molecule has 4 aliphatic rings. The van der Waals surface area contributed by atoms with Crippen molar-refractivity contribution in [3.8, 4) is 28.2 Å². The number of hydrogen-bond acceptors (Lipinski definition) is 13. The summed E-state index contributed by atoms with van der Waals surface area (Å²) in [4.78, 5) is 84.9. The Bertz CT molecular complexity index is 2420. The Morgan fingerprint density at radius 3 is 2.31 bits per heavy atom. The molecule has 340 valence electrons. The van der Waals surface area contributed by atoms with Crippen molar-refractivity contribution in [2.24, 2.45) is 0 Å². The van der Waals surface area contributed by atoms with E-state index in [0.717, 1.165) is 25.0 Å². The minimum absolute atomic E-state index is 0.0113. The number of aromatic hydroxyl groups is 1. The summed E-state index contributed by atoms with van der Waals surface area (Å²) in [6.07, 6.45) is 3.36. The molecule has 3 aliphatic heterocycles. The fourth-order valence-electron chi connectivity index (χ4n) is 7.14. The third-order valence-corrected chi connectivity index (χ3v) is 14.3. The smallest absolute Gasteiger partial charge is 0.336 e. The Morgan fingerprint density at radius 1 is 0.781 bits per heavy atom. The number of thiocarbonyl (C=S) groups is 1. The SMILES string of the molecule is O=C(CCCCC1SCC2NC(=O)NC21)NCCSSCCC(=O)NCC(=O)NCC(=O)NCCNC(=S)Nc1ccc(-c2c3ccc(=O)cc-3oc3cc(O)ccc23)c(C(=O)O)c1. The lowest BCUT2D eigenvalue weighted by atomic mass is 9.90. The Hall–Kier alpha value is -5.71. The van der Waals surface area contributed by atoms with Crippen molar-refractivity contribution >= 4 is 103 Å². The van der Waals surface area contributed by atoms with E-state index in [9.17, 15) is 43.8 Å². The molecule has 0 aromatic heterocycles. The maximum absolute atomic E-state index is 12.5. The van der Waals surface area contributed by atoms with Crippen LogP contribution in [0, 0.1) is 0 Å². The van der Waals surface area contributed by atoms with Crippen LogP contribution in [0.2, 0.25) is 0 Å². The van der Waals surface area contributed by atoms with Crippen molar-refractivity contribution < 1.29 is 43.4 Å². The molecule has 1 aliphatic carbocycles. The Balaban J connectivity index is 0.798. The standard InChI is InChI=1S/C42H48N8O10S4/c51-24-6-9-27-31(18-24)60-32-19-25(52)7-10-28(32)38(27)26-8-5-23(17-29(26)40(57)58)48-42(61)45-13-12-43-36(55)20-47-37(56)21-46-35(54)11-15-63-64-16-14-44-34(53)4-2-1-3-33-39-30(22-62-33)49-41(59)50-39/h5-10,17-19,30,33,39,51H,1-4,11-16,20-22H2,(H,43,55)(H,44,53)(H,46,54)(H,47,56)(H,57,58)(H2,45,48,61)(H2,49,50,59). The Kier molecular flexibility index (Phi) is 17.4. The molecule has 2 fully saturated rings. The van der Waals surface area contributed by atoms with Gasteiger partial charge >= 0.3 is 12.0 Å². The van der Waals surface area contributed by atoms with Gasteiger partial charge < -0.3 is 57.2 Å². The number of urea groups is 1. The number of unbranched alkanes of at least 4 members (excludes halogenated alkanes) is 1. The van der Waals surface area contributed by atoms with Gasteiger partial charge in [-0.25, -0.2) is 9.59 Å². The molecular formula is C42H48N8O10S4. The normalized spacial score (nSPS) is 16.3. The van der Waals surface area contributed by atoms with Gasteiger partial charge in [0, 0.05) is 89.3 Å². The van der Waals surface area contributed by atoms with Crippen LogP contribution < -0.4 is 48.0 Å². The Labute approximate surface area is 385 Å². The summed E-state index contributed by atoms with van der Waals surface area (Å²) >= 11 is 7.24. The fourth-order valence-corrected chi connectivity index (χ4v) is 10.8. The van der Waals surface area contributed by atoms with Crippen molar-refractivity contribution in [2.75, 3.05) is 55.3 Å². The zero-order valence-electron chi connectivity index (χ0n) is 34.4. The number of phenolic OH excluding ortho intramolecular Hbond substituents is 1. The molecule has 2 saturated heterocycles. The van der Waals surface area contributed by atoms with Crippen LogP contribution in [-0.2, 0) is 19.2 Å². The molecule has 2 aromatic carbocycles. The number of carboxylic acid groups (broad SMARTS) is 1. The van der Waals surface area contributed by atoms with Crippen LogP contribution in [0.4, 0.5) is 10.5 Å². The van der Waals surface area contributed by atoms with Gasteiger partial charge in [0.25, 0.3) is 0 Å². The van der Waals surface area contributed by atoms with Crippen LogP contribution in [0.1, 0.15) is 42.5 Å². The highest BCUT2D eigenvalue weighted by atomic mass is 33.1. The molecule has 0 saturated carbocycles. The van der Waals surface area contributed by atoms with Gasteiger partial charge in [0.2, 0.25) is 23.6 Å². The molecule has 2 aromatic rings. The van der Waals surface area contributed by atoms with Crippen LogP contribution in [-0.4, -0.2) is 118 Å². The fraction of sp³-hybridized carbons (Fsp3) is 0.381. The molecule has 3 unspecified atom stereocenters. The lowest BCUT2D eigenvalue weighted by Crippen LogP contribution is -2.43. The number of amides is 6. The Morgan fingerprint density at radius 2 is 1.50 bits per heavy atom. The number of aromatic carboxylic acids is 1. The van der Waals surface area contributed by atoms with Crippen molar-refractivity contribution in [2.45, 2.75) is 49.4 Å². The number of anilines is 1. The number of phenols is 1. The molecule has 22 heteroatoms. The minimum Gasteiger partial charge on any atom is -0.508 e. The first kappa shape index (κ1) is 47.8. The molecule has 10 N–H and O–H groups in total. The first-order valence-electron chi connectivity index (χ1n) is 20.5. The van der Waals surface area contributed by atoms with Gasteiger partial charge in [-0.2, -0.15) is 11.8 Å². The second-order valence-corrected chi connectivity index (χ2v) is 19.2. The van der Waals surface area contributed by atoms with E-state index >= 15 is 0 Å². The van der Waals surface area contributed by atoms with E-state index in [1.165, 1.54) is 41.1 Å².